The molecule has 0 saturated heterocycles. The highest BCUT2D eigenvalue weighted by atomic mass is 15.3. The summed E-state index contributed by atoms with van der Waals surface area (Å²) in [5.41, 5.74) is 10.5. The topological polar surface area (TPSA) is 43.8 Å². The molecule has 0 spiro atoms. The minimum Gasteiger partial charge on any atom is -0.328 e. The molecule has 0 aliphatic rings. The molecule has 17 heavy (non-hydrogen) atoms. The normalized spacial score (nSPS) is 12.7. The van der Waals surface area contributed by atoms with Crippen molar-refractivity contribution in [2.75, 3.05) is 0 Å². The third-order valence-corrected chi connectivity index (χ3v) is 2.97. The molecule has 2 N–H and O–H groups in total. The van der Waals surface area contributed by atoms with Gasteiger partial charge in [-0.3, -0.25) is 0 Å². The number of para-hydroxylation sites is 1. The molecule has 1 aromatic heterocycles. The molecular weight excluding hydrogens is 210 g/mol. The molecule has 0 aliphatic carbocycles. The van der Waals surface area contributed by atoms with Crippen LogP contribution in [0.25, 0.3) is 5.69 Å². The highest BCUT2D eigenvalue weighted by Gasteiger charge is 2.13. The summed E-state index contributed by atoms with van der Waals surface area (Å²) in [4.78, 5) is 0. The van der Waals surface area contributed by atoms with Crippen LogP contribution in [-0.2, 0) is 6.42 Å². The van der Waals surface area contributed by atoms with Crippen molar-refractivity contribution in [2.24, 2.45) is 5.73 Å². The van der Waals surface area contributed by atoms with Gasteiger partial charge in [-0.05, 0) is 44.9 Å². The Kier molecular flexibility index (Phi) is 3.29. The van der Waals surface area contributed by atoms with Crippen LogP contribution in [0.1, 0.15) is 23.9 Å². The Labute approximate surface area is 102 Å². The zero-order valence-corrected chi connectivity index (χ0v) is 10.6. The van der Waals surface area contributed by atoms with E-state index in [0.717, 1.165) is 17.8 Å². The van der Waals surface area contributed by atoms with E-state index in [1.165, 1.54) is 11.3 Å². The molecule has 3 nitrogen and oxygen atoms in total. The quantitative estimate of drug-likeness (QED) is 0.878. The van der Waals surface area contributed by atoms with E-state index in [4.69, 9.17) is 5.73 Å². The van der Waals surface area contributed by atoms with E-state index in [9.17, 15) is 0 Å². The average Bonchev–Trinajstić information content (AvgIpc) is 2.58. The molecule has 0 amide bonds. The lowest BCUT2D eigenvalue weighted by atomic mass is 10.1. The lowest BCUT2D eigenvalue weighted by molar-refractivity contribution is 0.730. The second-order valence-electron chi connectivity index (χ2n) is 4.58. The Morgan fingerprint density at radius 3 is 2.47 bits per heavy atom. The van der Waals surface area contributed by atoms with Crippen LogP contribution in [0.4, 0.5) is 0 Å². The van der Waals surface area contributed by atoms with Gasteiger partial charge in [-0.25, -0.2) is 4.68 Å². The van der Waals surface area contributed by atoms with Crippen molar-refractivity contribution in [3.63, 3.8) is 0 Å². The van der Waals surface area contributed by atoms with Crippen LogP contribution in [0.15, 0.2) is 30.3 Å². The van der Waals surface area contributed by atoms with Crippen LogP contribution in [0.5, 0.6) is 0 Å². The number of benzene rings is 1. The van der Waals surface area contributed by atoms with Crippen molar-refractivity contribution in [3.8, 4) is 5.69 Å². The van der Waals surface area contributed by atoms with Gasteiger partial charge in [0.25, 0.3) is 0 Å². The molecule has 1 aromatic carbocycles. The van der Waals surface area contributed by atoms with Gasteiger partial charge in [0, 0.05) is 11.7 Å². The van der Waals surface area contributed by atoms with Crippen LogP contribution in [-0.4, -0.2) is 15.8 Å². The van der Waals surface area contributed by atoms with Gasteiger partial charge in [-0.2, -0.15) is 5.10 Å². The second-order valence-corrected chi connectivity index (χ2v) is 4.58. The Morgan fingerprint density at radius 1 is 1.24 bits per heavy atom. The molecule has 90 valence electrons. The number of hydrogen-bond donors (Lipinski definition) is 1. The predicted octanol–water partition coefficient (Wildman–Crippen LogP) is 2.38. The summed E-state index contributed by atoms with van der Waals surface area (Å²) in [5.74, 6) is 0. The number of aromatic nitrogens is 2. The standard InChI is InChI=1S/C14H19N3/c1-10(15)9-14-11(2)16-17(12(14)3)13-7-5-4-6-8-13/h4-8,10H,9,15H2,1-3H3. The monoisotopic (exact) mass is 229 g/mol. The van der Waals surface area contributed by atoms with E-state index in [0.29, 0.717) is 0 Å². The molecule has 2 aromatic rings. The van der Waals surface area contributed by atoms with Crippen LogP contribution in [0.2, 0.25) is 0 Å². The summed E-state index contributed by atoms with van der Waals surface area (Å²) in [6, 6.07) is 10.4. The van der Waals surface area contributed by atoms with Crippen molar-refractivity contribution in [2.45, 2.75) is 33.2 Å². The molecule has 0 radical (unpaired) electrons. The largest absolute Gasteiger partial charge is 0.328 e. The average molecular weight is 229 g/mol. The van der Waals surface area contributed by atoms with E-state index in [1.54, 1.807) is 0 Å². The lowest BCUT2D eigenvalue weighted by Gasteiger charge is -2.07. The predicted molar refractivity (Wildman–Crippen MR) is 70.4 cm³/mol. The van der Waals surface area contributed by atoms with Crippen LogP contribution < -0.4 is 5.73 Å². The maximum absolute atomic E-state index is 5.87. The SMILES string of the molecule is Cc1nn(-c2ccccc2)c(C)c1CC(C)N. The minimum atomic E-state index is 0.167. The fourth-order valence-corrected chi connectivity index (χ4v) is 2.11. The number of rotatable bonds is 3. The first-order chi connectivity index (χ1) is 8.09. The van der Waals surface area contributed by atoms with Crippen molar-refractivity contribution in [3.05, 3.63) is 47.3 Å². The van der Waals surface area contributed by atoms with Gasteiger partial charge < -0.3 is 5.73 Å². The summed E-state index contributed by atoms with van der Waals surface area (Å²) in [6.45, 7) is 6.17. The van der Waals surface area contributed by atoms with Gasteiger partial charge in [0.1, 0.15) is 0 Å². The van der Waals surface area contributed by atoms with Crippen LogP contribution in [0, 0.1) is 13.8 Å². The molecule has 1 unspecified atom stereocenters. The molecule has 0 aliphatic heterocycles. The highest BCUT2D eigenvalue weighted by molar-refractivity contribution is 5.37. The van der Waals surface area contributed by atoms with Crippen molar-refractivity contribution in [1.82, 2.24) is 9.78 Å². The Morgan fingerprint density at radius 2 is 1.88 bits per heavy atom. The van der Waals surface area contributed by atoms with E-state index in [-0.39, 0.29) is 6.04 Å². The van der Waals surface area contributed by atoms with Gasteiger partial charge in [0.2, 0.25) is 0 Å². The summed E-state index contributed by atoms with van der Waals surface area (Å²) in [7, 11) is 0. The molecule has 3 heteroatoms. The van der Waals surface area contributed by atoms with Gasteiger partial charge in [-0.1, -0.05) is 18.2 Å². The molecule has 0 bridgehead atoms. The fourth-order valence-electron chi connectivity index (χ4n) is 2.11. The van der Waals surface area contributed by atoms with E-state index < -0.39 is 0 Å². The first kappa shape index (κ1) is 11.9. The van der Waals surface area contributed by atoms with Gasteiger partial charge in [0.15, 0.2) is 0 Å². The second kappa shape index (κ2) is 4.72. The maximum Gasteiger partial charge on any atom is 0.0648 e. The molecule has 1 heterocycles. The number of aryl methyl sites for hydroxylation is 1. The molecule has 0 fully saturated rings. The Hall–Kier alpha value is -1.61. The molecule has 0 saturated carbocycles. The Bertz CT molecular complexity index is 498. The lowest BCUT2D eigenvalue weighted by Crippen LogP contribution is -2.18. The van der Waals surface area contributed by atoms with Crippen molar-refractivity contribution >= 4 is 0 Å². The summed E-state index contributed by atoms with van der Waals surface area (Å²) in [5, 5.41) is 4.59. The minimum absolute atomic E-state index is 0.167. The van der Waals surface area contributed by atoms with E-state index in [2.05, 4.69) is 24.2 Å². The zero-order chi connectivity index (χ0) is 12.4. The molecular formula is C14H19N3. The summed E-state index contributed by atoms with van der Waals surface area (Å²) < 4.78 is 1.99. The zero-order valence-electron chi connectivity index (χ0n) is 10.6. The van der Waals surface area contributed by atoms with Gasteiger partial charge >= 0.3 is 0 Å². The van der Waals surface area contributed by atoms with Crippen LogP contribution in [0.3, 0.4) is 0 Å². The third kappa shape index (κ3) is 2.39. The van der Waals surface area contributed by atoms with E-state index >= 15 is 0 Å². The van der Waals surface area contributed by atoms with E-state index in [1.807, 2.05) is 36.7 Å². The maximum atomic E-state index is 5.87. The molecule has 1 atom stereocenters. The number of nitrogens with two attached hydrogens (primary N) is 1. The number of hydrogen-bond acceptors (Lipinski definition) is 2. The smallest absolute Gasteiger partial charge is 0.0648 e. The highest BCUT2D eigenvalue weighted by Crippen LogP contribution is 2.18. The van der Waals surface area contributed by atoms with Crippen molar-refractivity contribution in [1.29, 1.82) is 0 Å². The number of nitrogens with zero attached hydrogens (tertiary/aromatic N) is 2. The van der Waals surface area contributed by atoms with Crippen LogP contribution >= 0.6 is 0 Å². The first-order valence-electron chi connectivity index (χ1n) is 5.95. The van der Waals surface area contributed by atoms with Gasteiger partial charge in [-0.15, -0.1) is 0 Å². The van der Waals surface area contributed by atoms with Crippen molar-refractivity contribution < 1.29 is 0 Å². The third-order valence-electron chi connectivity index (χ3n) is 2.97. The van der Waals surface area contributed by atoms with Gasteiger partial charge in [0.05, 0.1) is 11.4 Å². The first-order valence-corrected chi connectivity index (χ1v) is 5.95. The summed E-state index contributed by atoms with van der Waals surface area (Å²) >= 11 is 0. The molecule has 2 rings (SSSR count). The summed E-state index contributed by atoms with van der Waals surface area (Å²) in [6.07, 6.45) is 0.879. The Balaban J connectivity index is 2.44. The fraction of sp³-hybridized carbons (Fsp3) is 0.357.